The molecule has 0 radical (unpaired) electrons. The molecule has 0 saturated carbocycles. The summed E-state index contributed by atoms with van der Waals surface area (Å²) in [6.07, 6.45) is 0. The van der Waals surface area contributed by atoms with E-state index in [1.165, 1.54) is 4.46 Å². The second-order valence-corrected chi connectivity index (χ2v) is 8.79. The fraction of sp³-hybridized carbons (Fsp3) is 0.429. The summed E-state index contributed by atoms with van der Waals surface area (Å²) in [5, 5.41) is 0.653. The van der Waals surface area contributed by atoms with Crippen LogP contribution in [0, 0.1) is 0 Å². The van der Waals surface area contributed by atoms with Crippen LogP contribution in [0.25, 0.3) is 0 Å². The Hall–Kier alpha value is -0.0805. The van der Waals surface area contributed by atoms with Crippen LogP contribution in [0.4, 0.5) is 0 Å². The molecular formula is C14H20ClO3PSe. The topological polar surface area (TPSA) is 35.5 Å². The number of hydrogen-bond acceptors (Lipinski definition) is 3. The quantitative estimate of drug-likeness (QED) is 0.391. The standard InChI is InChI=1S/C14H20ClO3PSe/c1-4-17-19(16,18-5-2)12(3)14(11-15)20-13-9-7-6-8-10-13/h6-10H,4-5,11H2,1-3H3/b14-12-. The first-order valence-electron chi connectivity index (χ1n) is 6.45. The van der Waals surface area contributed by atoms with Crippen molar-refractivity contribution in [3.8, 4) is 0 Å². The van der Waals surface area contributed by atoms with Crippen LogP contribution < -0.4 is 4.46 Å². The number of alkyl halides is 1. The molecule has 0 aliphatic heterocycles. The Morgan fingerprint density at radius 3 is 2.20 bits per heavy atom. The van der Waals surface area contributed by atoms with Crippen LogP contribution in [0.5, 0.6) is 0 Å². The van der Waals surface area contributed by atoms with Gasteiger partial charge in [0.1, 0.15) is 0 Å². The van der Waals surface area contributed by atoms with Crippen LogP contribution >= 0.6 is 19.2 Å². The number of halogens is 1. The molecule has 1 aromatic carbocycles. The Balaban J connectivity index is 3.06. The van der Waals surface area contributed by atoms with Crippen molar-refractivity contribution >= 4 is 38.6 Å². The van der Waals surface area contributed by atoms with Crippen molar-refractivity contribution in [2.45, 2.75) is 20.8 Å². The van der Waals surface area contributed by atoms with E-state index in [0.29, 0.717) is 24.4 Å². The van der Waals surface area contributed by atoms with Crippen molar-refractivity contribution in [1.82, 2.24) is 0 Å². The van der Waals surface area contributed by atoms with Gasteiger partial charge < -0.3 is 0 Å². The minimum absolute atomic E-state index is 0.0248. The van der Waals surface area contributed by atoms with E-state index in [0.717, 1.165) is 4.47 Å². The third kappa shape index (κ3) is 5.03. The van der Waals surface area contributed by atoms with Crippen molar-refractivity contribution in [1.29, 1.82) is 0 Å². The third-order valence-electron chi connectivity index (χ3n) is 2.52. The zero-order chi connectivity index (χ0) is 15.0. The predicted molar refractivity (Wildman–Crippen MR) is 86.1 cm³/mol. The number of hydrogen-bond donors (Lipinski definition) is 0. The Morgan fingerprint density at radius 1 is 1.20 bits per heavy atom. The van der Waals surface area contributed by atoms with Crippen molar-refractivity contribution in [2.75, 3.05) is 19.1 Å². The molecule has 0 saturated heterocycles. The zero-order valence-corrected chi connectivity index (χ0v) is 15.3. The fourth-order valence-corrected chi connectivity index (χ4v) is 6.23. The van der Waals surface area contributed by atoms with Crippen LogP contribution in [-0.4, -0.2) is 34.1 Å². The summed E-state index contributed by atoms with van der Waals surface area (Å²) in [4.78, 5) is 0. The maximum atomic E-state index is 12.8. The van der Waals surface area contributed by atoms with Gasteiger partial charge in [0.25, 0.3) is 0 Å². The average Bonchev–Trinajstić information content (AvgIpc) is 2.45. The first-order valence-corrected chi connectivity index (χ1v) is 10.2. The van der Waals surface area contributed by atoms with Gasteiger partial charge in [-0.25, -0.2) is 0 Å². The molecule has 1 aromatic rings. The molecule has 0 heterocycles. The Bertz CT molecular complexity index is 480. The molecule has 0 aliphatic carbocycles. The summed E-state index contributed by atoms with van der Waals surface area (Å²) in [7, 11) is -3.21. The summed E-state index contributed by atoms with van der Waals surface area (Å²) in [5.74, 6) is 0.338. The van der Waals surface area contributed by atoms with E-state index in [4.69, 9.17) is 20.6 Å². The molecule has 0 spiro atoms. The van der Waals surface area contributed by atoms with E-state index < -0.39 is 7.60 Å². The first-order chi connectivity index (χ1) is 9.57. The van der Waals surface area contributed by atoms with Gasteiger partial charge in [0.2, 0.25) is 0 Å². The van der Waals surface area contributed by atoms with Crippen molar-refractivity contribution in [3.05, 3.63) is 40.1 Å². The summed E-state index contributed by atoms with van der Waals surface area (Å²) < 4.78 is 25.7. The zero-order valence-electron chi connectivity index (χ0n) is 12.0. The minimum atomic E-state index is -3.21. The van der Waals surface area contributed by atoms with Crippen LogP contribution in [0.1, 0.15) is 20.8 Å². The van der Waals surface area contributed by atoms with Gasteiger partial charge in [-0.15, -0.1) is 0 Å². The molecule has 0 unspecified atom stereocenters. The van der Waals surface area contributed by atoms with E-state index >= 15 is 0 Å². The van der Waals surface area contributed by atoms with Gasteiger partial charge in [-0.2, -0.15) is 0 Å². The molecule has 3 nitrogen and oxygen atoms in total. The monoisotopic (exact) mass is 382 g/mol. The van der Waals surface area contributed by atoms with E-state index in [9.17, 15) is 4.57 Å². The molecule has 0 atom stereocenters. The molecule has 20 heavy (non-hydrogen) atoms. The van der Waals surface area contributed by atoms with Crippen molar-refractivity contribution in [3.63, 3.8) is 0 Å². The SMILES string of the molecule is CCOP(=O)(OCC)/C(C)=C(/CCl)[Se]c1ccccc1. The first kappa shape index (κ1) is 18.0. The average molecular weight is 382 g/mol. The molecule has 112 valence electrons. The molecule has 0 aromatic heterocycles. The summed E-state index contributed by atoms with van der Waals surface area (Å²) in [5.41, 5.74) is 0. The van der Waals surface area contributed by atoms with Gasteiger partial charge in [0.05, 0.1) is 0 Å². The molecule has 0 aliphatic rings. The molecule has 0 N–H and O–H groups in total. The molecule has 0 bridgehead atoms. The van der Waals surface area contributed by atoms with Gasteiger partial charge in [-0.1, -0.05) is 0 Å². The Labute approximate surface area is 132 Å². The predicted octanol–water partition coefficient (Wildman–Crippen LogP) is 3.75. The molecular weight excluding hydrogens is 362 g/mol. The van der Waals surface area contributed by atoms with E-state index in [1.807, 2.05) is 44.2 Å². The maximum absolute atomic E-state index is 12.8. The second-order valence-electron chi connectivity index (χ2n) is 3.89. The van der Waals surface area contributed by atoms with Crippen LogP contribution in [0.15, 0.2) is 40.1 Å². The van der Waals surface area contributed by atoms with Crippen LogP contribution in [-0.2, 0) is 13.6 Å². The van der Waals surface area contributed by atoms with Crippen LogP contribution in [0.2, 0.25) is 0 Å². The fourth-order valence-electron chi connectivity index (χ4n) is 1.55. The second kappa shape index (κ2) is 9.04. The summed E-state index contributed by atoms with van der Waals surface area (Å²) >= 11 is 6.07. The van der Waals surface area contributed by atoms with E-state index in [2.05, 4.69) is 0 Å². The van der Waals surface area contributed by atoms with E-state index in [1.54, 1.807) is 6.92 Å². The Morgan fingerprint density at radius 2 is 1.75 bits per heavy atom. The Kier molecular flexibility index (Phi) is 8.12. The van der Waals surface area contributed by atoms with Gasteiger partial charge in [-0.05, 0) is 0 Å². The summed E-state index contributed by atoms with van der Waals surface area (Å²) in [6, 6.07) is 10.0. The summed E-state index contributed by atoms with van der Waals surface area (Å²) in [6.45, 7) is 6.11. The molecule has 1 rings (SSSR count). The van der Waals surface area contributed by atoms with E-state index in [-0.39, 0.29) is 15.0 Å². The number of benzene rings is 1. The van der Waals surface area contributed by atoms with Gasteiger partial charge in [0, 0.05) is 0 Å². The molecule has 6 heteroatoms. The molecule has 0 amide bonds. The number of rotatable bonds is 8. The van der Waals surface area contributed by atoms with Gasteiger partial charge in [-0.3, -0.25) is 0 Å². The molecule has 0 fully saturated rings. The van der Waals surface area contributed by atoms with Gasteiger partial charge in [0.15, 0.2) is 0 Å². The van der Waals surface area contributed by atoms with Gasteiger partial charge >= 0.3 is 132 Å². The number of allylic oxidation sites excluding steroid dienone is 2. The van der Waals surface area contributed by atoms with Crippen molar-refractivity contribution < 1.29 is 13.6 Å². The van der Waals surface area contributed by atoms with Crippen molar-refractivity contribution in [2.24, 2.45) is 0 Å². The van der Waals surface area contributed by atoms with Crippen LogP contribution in [0.3, 0.4) is 0 Å². The normalized spacial score (nSPS) is 13.2. The third-order valence-corrected chi connectivity index (χ3v) is 8.30.